The third-order valence-corrected chi connectivity index (χ3v) is 11.0. The van der Waals surface area contributed by atoms with Crippen LogP contribution in [0.25, 0.3) is 0 Å². The van der Waals surface area contributed by atoms with Gasteiger partial charge in [0.1, 0.15) is 12.0 Å². The fraction of sp³-hybridized carbons (Fsp3) is 0.912. The lowest BCUT2D eigenvalue weighted by molar-refractivity contribution is -0.427. The van der Waals surface area contributed by atoms with Gasteiger partial charge in [0, 0.05) is 12.3 Å². The maximum Gasteiger partial charge on any atom is 0.426 e. The van der Waals surface area contributed by atoms with Gasteiger partial charge in [-0.15, -0.1) is 0 Å². The standard InChI is InChI=1S/C34H44F21NO9S/c1-8-17(19(57)56-24(5,6)15-66(61,62)63)13-25(7,22(59)65-16(2)12-26(60,33(50,51)52)34(53,54)55)14-23(3,4)21(58)64-11-9-10-18(29(41,42)43)27(37,38)30(44,45)32(48,49)31(46,47)28(39,40)20(35)36/h16-18,20,60H,8-15H2,1-7H3,(H,56,57)(H,61,62,63). The van der Waals surface area contributed by atoms with Crippen molar-refractivity contribution in [2.75, 3.05) is 12.4 Å². The fourth-order valence-electron chi connectivity index (χ4n) is 6.51. The first-order chi connectivity index (χ1) is 28.7. The minimum Gasteiger partial charge on any atom is -0.465 e. The van der Waals surface area contributed by atoms with Crippen LogP contribution in [0.15, 0.2) is 0 Å². The Morgan fingerprint density at radius 3 is 1.50 bits per heavy atom. The van der Waals surface area contributed by atoms with E-state index in [1.54, 1.807) is 0 Å². The lowest BCUT2D eigenvalue weighted by Crippen LogP contribution is -2.70. The molecule has 0 aliphatic carbocycles. The molecule has 10 nitrogen and oxygen atoms in total. The van der Waals surface area contributed by atoms with Gasteiger partial charge >= 0.3 is 66.5 Å². The first kappa shape index (κ1) is 62.8. The van der Waals surface area contributed by atoms with Crippen LogP contribution in [0.2, 0.25) is 0 Å². The van der Waals surface area contributed by atoms with Crippen LogP contribution in [0.1, 0.15) is 87.0 Å². The number of carbonyl (C=O) groups is 3. The van der Waals surface area contributed by atoms with Crippen LogP contribution < -0.4 is 5.32 Å². The Labute approximate surface area is 361 Å². The summed E-state index contributed by atoms with van der Waals surface area (Å²) in [6.45, 7) is 4.52. The molecule has 0 aliphatic rings. The van der Waals surface area contributed by atoms with Gasteiger partial charge in [-0.25, -0.2) is 8.78 Å². The summed E-state index contributed by atoms with van der Waals surface area (Å²) in [5.74, 6) is -52.2. The molecule has 0 rings (SSSR count). The molecule has 0 fully saturated rings. The van der Waals surface area contributed by atoms with Gasteiger partial charge in [0.15, 0.2) is 0 Å². The Morgan fingerprint density at radius 1 is 0.682 bits per heavy atom. The van der Waals surface area contributed by atoms with Gasteiger partial charge in [-0.05, 0) is 73.6 Å². The van der Waals surface area contributed by atoms with E-state index >= 15 is 0 Å². The molecule has 0 aromatic heterocycles. The lowest BCUT2D eigenvalue weighted by atomic mass is 9.69. The maximum absolute atomic E-state index is 14.6. The molecule has 0 aromatic rings. The normalized spacial score (nSPS) is 17.2. The lowest BCUT2D eigenvalue weighted by Gasteiger charge is -2.41. The number of aliphatic hydroxyl groups is 1. The third kappa shape index (κ3) is 14.0. The third-order valence-electron chi connectivity index (χ3n) is 9.87. The van der Waals surface area contributed by atoms with E-state index in [-0.39, 0.29) is 6.42 Å². The highest BCUT2D eigenvalue weighted by Crippen LogP contribution is 2.61. The zero-order chi connectivity index (χ0) is 53.3. The van der Waals surface area contributed by atoms with Gasteiger partial charge < -0.3 is 19.9 Å². The molecule has 4 unspecified atom stereocenters. The molecule has 0 saturated heterocycles. The molecule has 66 heavy (non-hydrogen) atoms. The highest BCUT2D eigenvalue weighted by atomic mass is 32.2. The van der Waals surface area contributed by atoms with E-state index in [1.807, 2.05) is 0 Å². The summed E-state index contributed by atoms with van der Waals surface area (Å²) in [5, 5.41) is 11.8. The van der Waals surface area contributed by atoms with Crippen LogP contribution in [0.3, 0.4) is 0 Å². The van der Waals surface area contributed by atoms with Crippen molar-refractivity contribution in [1.82, 2.24) is 5.32 Å². The van der Waals surface area contributed by atoms with Crippen molar-refractivity contribution >= 4 is 28.0 Å². The molecule has 0 saturated carbocycles. The fourth-order valence-corrected chi connectivity index (χ4v) is 7.50. The molecule has 0 aliphatic heterocycles. The zero-order valence-electron chi connectivity index (χ0n) is 35.1. The van der Waals surface area contributed by atoms with E-state index in [9.17, 15) is 125 Å². The summed E-state index contributed by atoms with van der Waals surface area (Å²) in [7, 11) is -4.80. The Balaban J connectivity index is 6.86. The van der Waals surface area contributed by atoms with Crippen molar-refractivity contribution < 1.29 is 134 Å². The number of hydrogen-bond donors (Lipinski definition) is 3. The van der Waals surface area contributed by atoms with Gasteiger partial charge in [-0.2, -0.15) is 91.8 Å². The smallest absolute Gasteiger partial charge is 0.426 e. The van der Waals surface area contributed by atoms with Gasteiger partial charge in [0.2, 0.25) is 5.91 Å². The Kier molecular flexibility index (Phi) is 19.1. The van der Waals surface area contributed by atoms with Gasteiger partial charge in [-0.3, -0.25) is 18.9 Å². The van der Waals surface area contributed by atoms with Crippen molar-refractivity contribution in [3.05, 3.63) is 0 Å². The summed E-state index contributed by atoms with van der Waals surface area (Å²) < 4.78 is 327. The predicted octanol–water partition coefficient (Wildman–Crippen LogP) is 9.73. The number of hydrogen-bond acceptors (Lipinski definition) is 8. The molecule has 0 bridgehead atoms. The summed E-state index contributed by atoms with van der Waals surface area (Å²) >= 11 is 0. The maximum atomic E-state index is 14.6. The molecule has 0 radical (unpaired) electrons. The van der Waals surface area contributed by atoms with Crippen molar-refractivity contribution in [2.24, 2.45) is 22.7 Å². The number of ether oxygens (including phenoxy) is 2. The molecule has 0 aromatic carbocycles. The highest BCUT2D eigenvalue weighted by Gasteiger charge is 2.89. The van der Waals surface area contributed by atoms with Crippen LogP contribution in [0, 0.1) is 22.7 Å². The molecule has 0 heterocycles. The average Bonchev–Trinajstić information content (AvgIpc) is 3.06. The molecule has 3 N–H and O–H groups in total. The molecule has 4 atom stereocenters. The zero-order valence-corrected chi connectivity index (χ0v) is 35.9. The number of nitrogens with one attached hydrogen (secondary N) is 1. The summed E-state index contributed by atoms with van der Waals surface area (Å²) in [6, 6.07) is 0. The number of halogens is 21. The predicted molar refractivity (Wildman–Crippen MR) is 181 cm³/mol. The van der Waals surface area contributed by atoms with E-state index in [0.29, 0.717) is 6.92 Å². The van der Waals surface area contributed by atoms with Crippen LogP contribution in [0.5, 0.6) is 0 Å². The van der Waals surface area contributed by atoms with Crippen molar-refractivity contribution in [3.63, 3.8) is 0 Å². The van der Waals surface area contributed by atoms with Crippen LogP contribution in [-0.2, 0) is 34.0 Å². The summed E-state index contributed by atoms with van der Waals surface area (Å²) in [6.07, 6.45) is -37.3. The average molecular weight is 1040 g/mol. The summed E-state index contributed by atoms with van der Waals surface area (Å²) in [5.41, 5.74) is -12.2. The monoisotopic (exact) mass is 1040 g/mol. The molecular weight excluding hydrogens is 997 g/mol. The van der Waals surface area contributed by atoms with E-state index < -0.39 is 167 Å². The van der Waals surface area contributed by atoms with Gasteiger partial charge in [0.05, 0.1) is 28.7 Å². The first-order valence-electron chi connectivity index (χ1n) is 18.4. The van der Waals surface area contributed by atoms with Crippen molar-refractivity contribution in [3.8, 4) is 0 Å². The second kappa shape index (κ2) is 20.0. The Hall–Kier alpha value is -3.19. The molecule has 32 heteroatoms. The Bertz CT molecular complexity index is 1780. The van der Waals surface area contributed by atoms with Gasteiger partial charge in [-0.1, -0.05) is 6.92 Å². The first-order valence-corrected chi connectivity index (χ1v) is 20.0. The molecule has 0 spiro atoms. The van der Waals surface area contributed by atoms with Crippen LogP contribution in [0.4, 0.5) is 92.2 Å². The quantitative estimate of drug-likeness (QED) is 0.0371. The number of amides is 1. The number of esters is 2. The van der Waals surface area contributed by atoms with E-state index in [0.717, 1.165) is 34.6 Å². The highest BCUT2D eigenvalue weighted by molar-refractivity contribution is 7.85. The molecule has 392 valence electrons. The number of carbonyl (C=O) groups excluding carboxylic acids is 3. The number of alkyl halides is 21. The second-order valence-corrected chi connectivity index (χ2v) is 18.4. The van der Waals surface area contributed by atoms with Gasteiger partial charge in [0.25, 0.3) is 15.7 Å². The SMILES string of the molecule is CCC(CC(C)(CC(C)(C)C(=O)OCCCC(C(F)(F)F)C(F)(F)C(F)(F)C(F)(F)C(F)(F)C(F)(F)C(F)F)C(=O)OC(C)CC(O)(C(F)(F)F)C(F)(F)F)C(=O)NC(C)(C)CS(=O)(=O)O. The van der Waals surface area contributed by atoms with Crippen LogP contribution >= 0.6 is 0 Å². The minimum absolute atomic E-state index is 0.360. The molecular formula is C34H44F21NO9S. The van der Waals surface area contributed by atoms with Crippen molar-refractivity contribution in [1.29, 1.82) is 0 Å². The second-order valence-electron chi connectivity index (χ2n) is 16.9. The van der Waals surface area contributed by atoms with Crippen molar-refractivity contribution in [2.45, 2.75) is 159 Å². The Morgan fingerprint density at radius 2 is 1.12 bits per heavy atom. The van der Waals surface area contributed by atoms with E-state index in [2.05, 4.69) is 10.1 Å². The topological polar surface area (TPSA) is 156 Å². The minimum atomic E-state index is -8.32. The van der Waals surface area contributed by atoms with Crippen LogP contribution in [-0.4, -0.2) is 120 Å². The largest absolute Gasteiger partial charge is 0.465 e. The van der Waals surface area contributed by atoms with E-state index in [4.69, 9.17) is 4.74 Å². The molecule has 1 amide bonds. The number of rotatable bonds is 24. The van der Waals surface area contributed by atoms with E-state index in [1.165, 1.54) is 6.92 Å². The summed E-state index contributed by atoms with van der Waals surface area (Å²) in [4.78, 5) is 40.1.